The molecule has 122 valence electrons. The molecule has 0 unspecified atom stereocenters. The van der Waals surface area contributed by atoms with Crippen LogP contribution >= 0.6 is 0 Å². The molecule has 0 spiro atoms. The van der Waals surface area contributed by atoms with E-state index in [1.165, 1.54) is 0 Å². The van der Waals surface area contributed by atoms with Gasteiger partial charge >= 0.3 is 0 Å². The van der Waals surface area contributed by atoms with Crippen LogP contribution in [-0.4, -0.2) is 35.9 Å². The number of hydrogen-bond acceptors (Lipinski definition) is 5. The number of nitrogens with zero attached hydrogens (tertiary/aromatic N) is 2. The summed E-state index contributed by atoms with van der Waals surface area (Å²) in [6, 6.07) is 5.65. The third-order valence-corrected chi connectivity index (χ3v) is 5.82. The number of carbonyl (C=O) groups is 1. The molecular formula is C15H17N3O4S. The van der Waals surface area contributed by atoms with E-state index in [9.17, 15) is 18.3 Å². The summed E-state index contributed by atoms with van der Waals surface area (Å²) in [4.78, 5) is 14.8. The predicted molar refractivity (Wildman–Crippen MR) is 85.6 cm³/mol. The van der Waals surface area contributed by atoms with E-state index in [4.69, 9.17) is 0 Å². The largest absolute Gasteiger partial charge is 0.493 e. The summed E-state index contributed by atoms with van der Waals surface area (Å²) in [5, 5.41) is 18.1. The van der Waals surface area contributed by atoms with Crippen LogP contribution in [0, 0.1) is 5.92 Å². The lowest BCUT2D eigenvalue weighted by Gasteiger charge is -1.99. The van der Waals surface area contributed by atoms with E-state index in [1.807, 2.05) is 25.1 Å². The van der Waals surface area contributed by atoms with Crippen LogP contribution in [0.4, 0.5) is 5.69 Å². The highest BCUT2D eigenvalue weighted by molar-refractivity contribution is 7.91. The van der Waals surface area contributed by atoms with Crippen molar-refractivity contribution in [1.29, 1.82) is 0 Å². The van der Waals surface area contributed by atoms with Crippen molar-refractivity contribution < 1.29 is 18.3 Å². The molecule has 1 aliphatic heterocycles. The van der Waals surface area contributed by atoms with Crippen molar-refractivity contribution in [3.63, 3.8) is 0 Å². The second-order valence-corrected chi connectivity index (χ2v) is 7.92. The summed E-state index contributed by atoms with van der Waals surface area (Å²) in [5.74, 6) is -1.53. The molecular weight excluding hydrogens is 318 g/mol. The minimum absolute atomic E-state index is 0.0110. The highest BCUT2D eigenvalue weighted by atomic mass is 32.2. The predicted octanol–water partition coefficient (Wildman–Crippen LogP) is 2.48. The molecule has 1 atom stereocenters. The monoisotopic (exact) mass is 335 g/mol. The van der Waals surface area contributed by atoms with Gasteiger partial charge in [-0.2, -0.15) is 0 Å². The summed E-state index contributed by atoms with van der Waals surface area (Å²) in [6.45, 7) is 2.01. The standard InChI is InChI=1S/C15H17N3O4S/c1-2-9-3-4-12-11(7-9)13(15(20)16-12)17-18-14(19)10-5-6-23(21,22)8-10/h3-4,7,10,16,20H,2,5-6,8H2,1H3/t10-/m1/s1. The van der Waals surface area contributed by atoms with Gasteiger partial charge in [-0.1, -0.05) is 13.0 Å². The number of fused-ring (bicyclic) bond motifs is 1. The van der Waals surface area contributed by atoms with E-state index in [2.05, 4.69) is 15.2 Å². The van der Waals surface area contributed by atoms with Gasteiger partial charge in [0.25, 0.3) is 5.91 Å². The first-order valence-corrected chi connectivity index (χ1v) is 9.21. The number of aromatic hydroxyl groups is 1. The molecule has 1 aromatic carbocycles. The summed E-state index contributed by atoms with van der Waals surface area (Å²) in [6.07, 6.45) is 1.11. The normalized spacial score (nSPS) is 20.5. The quantitative estimate of drug-likeness (QED) is 0.839. The summed E-state index contributed by atoms with van der Waals surface area (Å²) >= 11 is 0. The number of aromatic amines is 1. The number of aromatic nitrogens is 1. The van der Waals surface area contributed by atoms with Crippen molar-refractivity contribution in [1.82, 2.24) is 4.98 Å². The number of rotatable bonds is 3. The first-order chi connectivity index (χ1) is 10.9. The van der Waals surface area contributed by atoms with E-state index in [-0.39, 0.29) is 29.5 Å². The van der Waals surface area contributed by atoms with Gasteiger partial charge in [-0.15, -0.1) is 10.2 Å². The van der Waals surface area contributed by atoms with Crippen LogP contribution in [0.5, 0.6) is 5.88 Å². The fraction of sp³-hybridized carbons (Fsp3) is 0.400. The fourth-order valence-electron chi connectivity index (χ4n) is 2.70. The Bertz CT molecular complexity index is 899. The van der Waals surface area contributed by atoms with Gasteiger partial charge < -0.3 is 10.1 Å². The van der Waals surface area contributed by atoms with Gasteiger partial charge in [0.15, 0.2) is 15.5 Å². The Morgan fingerprint density at radius 1 is 1.43 bits per heavy atom. The number of sulfone groups is 1. The minimum Gasteiger partial charge on any atom is -0.493 e. The second kappa shape index (κ2) is 5.77. The maximum Gasteiger partial charge on any atom is 0.268 e. The number of carbonyl (C=O) groups excluding carboxylic acids is 1. The van der Waals surface area contributed by atoms with E-state index in [1.54, 1.807) is 0 Å². The van der Waals surface area contributed by atoms with Gasteiger partial charge in [0.05, 0.1) is 22.9 Å². The maximum atomic E-state index is 12.0. The molecule has 1 saturated heterocycles. The Morgan fingerprint density at radius 3 is 2.87 bits per heavy atom. The average molecular weight is 335 g/mol. The molecule has 23 heavy (non-hydrogen) atoms. The van der Waals surface area contributed by atoms with Gasteiger partial charge in [0.2, 0.25) is 5.88 Å². The van der Waals surface area contributed by atoms with Crippen LogP contribution < -0.4 is 0 Å². The number of amides is 1. The third kappa shape index (κ3) is 3.12. The fourth-order valence-corrected chi connectivity index (χ4v) is 4.44. The first-order valence-electron chi connectivity index (χ1n) is 7.39. The maximum absolute atomic E-state index is 12.0. The van der Waals surface area contributed by atoms with Crippen LogP contribution in [0.15, 0.2) is 28.4 Å². The molecule has 1 fully saturated rings. The first kappa shape index (κ1) is 15.7. The van der Waals surface area contributed by atoms with Gasteiger partial charge in [-0.25, -0.2) is 8.42 Å². The van der Waals surface area contributed by atoms with Crippen LogP contribution in [0.3, 0.4) is 0 Å². The molecule has 2 aromatic rings. The molecule has 2 N–H and O–H groups in total. The zero-order valence-electron chi connectivity index (χ0n) is 12.6. The van der Waals surface area contributed by atoms with E-state index < -0.39 is 21.7 Å². The van der Waals surface area contributed by atoms with Crippen molar-refractivity contribution in [3.05, 3.63) is 23.8 Å². The Morgan fingerprint density at radius 2 is 2.22 bits per heavy atom. The molecule has 8 heteroatoms. The van der Waals surface area contributed by atoms with Crippen LogP contribution in [0.1, 0.15) is 18.9 Å². The molecule has 0 aliphatic carbocycles. The van der Waals surface area contributed by atoms with Crippen LogP contribution in [0.2, 0.25) is 0 Å². The van der Waals surface area contributed by atoms with Gasteiger partial charge in [0.1, 0.15) is 0 Å². The Kier molecular flexibility index (Phi) is 3.93. The average Bonchev–Trinajstić information content (AvgIpc) is 3.03. The number of hydrogen-bond donors (Lipinski definition) is 2. The lowest BCUT2D eigenvalue weighted by Crippen LogP contribution is -2.13. The highest BCUT2D eigenvalue weighted by Crippen LogP contribution is 2.36. The SMILES string of the molecule is CCc1ccc2[nH]c(O)c(N=NC(=O)[C@@H]3CCS(=O)(=O)C3)c2c1. The summed E-state index contributed by atoms with van der Waals surface area (Å²) in [7, 11) is -3.14. The molecule has 1 amide bonds. The Labute approximate surface area is 133 Å². The Hall–Kier alpha value is -2.22. The molecule has 0 bridgehead atoms. The number of H-pyrrole nitrogens is 1. The van der Waals surface area contributed by atoms with Crippen molar-refractivity contribution in [2.75, 3.05) is 11.5 Å². The topological polar surface area (TPSA) is 112 Å². The summed E-state index contributed by atoms with van der Waals surface area (Å²) < 4.78 is 22.8. The second-order valence-electron chi connectivity index (χ2n) is 5.69. The van der Waals surface area contributed by atoms with Gasteiger partial charge in [-0.05, 0) is 30.5 Å². The molecule has 2 heterocycles. The number of azo groups is 1. The third-order valence-electron chi connectivity index (χ3n) is 4.05. The van der Waals surface area contributed by atoms with E-state index in [0.29, 0.717) is 10.9 Å². The lowest BCUT2D eigenvalue weighted by molar-refractivity contribution is -0.121. The molecule has 7 nitrogen and oxygen atoms in total. The van der Waals surface area contributed by atoms with Gasteiger partial charge in [-0.3, -0.25) is 4.79 Å². The zero-order valence-corrected chi connectivity index (χ0v) is 13.4. The van der Waals surface area contributed by atoms with Crippen molar-refractivity contribution in [2.24, 2.45) is 16.1 Å². The highest BCUT2D eigenvalue weighted by Gasteiger charge is 2.33. The van der Waals surface area contributed by atoms with Crippen LogP contribution in [0.25, 0.3) is 10.9 Å². The molecule has 0 saturated carbocycles. The van der Waals surface area contributed by atoms with Crippen molar-refractivity contribution in [3.8, 4) is 5.88 Å². The molecule has 1 aliphatic rings. The minimum atomic E-state index is -3.14. The van der Waals surface area contributed by atoms with Crippen molar-refractivity contribution >= 4 is 32.3 Å². The Balaban J connectivity index is 1.89. The van der Waals surface area contributed by atoms with Crippen molar-refractivity contribution in [2.45, 2.75) is 19.8 Å². The van der Waals surface area contributed by atoms with E-state index >= 15 is 0 Å². The zero-order chi connectivity index (χ0) is 16.6. The molecule has 3 rings (SSSR count). The smallest absolute Gasteiger partial charge is 0.268 e. The summed E-state index contributed by atoms with van der Waals surface area (Å²) in [5.41, 5.74) is 1.97. The number of nitrogens with one attached hydrogen (secondary N) is 1. The van der Waals surface area contributed by atoms with E-state index in [0.717, 1.165) is 12.0 Å². The van der Waals surface area contributed by atoms with Gasteiger partial charge in [0, 0.05) is 5.39 Å². The van der Waals surface area contributed by atoms with Crippen LogP contribution in [-0.2, 0) is 21.1 Å². The number of benzene rings is 1. The number of aryl methyl sites for hydroxylation is 1. The molecule has 0 radical (unpaired) electrons. The lowest BCUT2D eigenvalue weighted by atomic mass is 10.1. The molecule has 1 aromatic heterocycles.